The summed E-state index contributed by atoms with van der Waals surface area (Å²) in [5.74, 6) is 1.97. The molecule has 3 aromatic rings. The van der Waals surface area contributed by atoms with Gasteiger partial charge >= 0.3 is 0 Å². The van der Waals surface area contributed by atoms with Gasteiger partial charge in [-0.05, 0) is 42.7 Å². The van der Waals surface area contributed by atoms with Gasteiger partial charge in [0.1, 0.15) is 12.4 Å². The predicted molar refractivity (Wildman–Crippen MR) is 116 cm³/mol. The summed E-state index contributed by atoms with van der Waals surface area (Å²) < 4.78 is 16.1. The van der Waals surface area contributed by atoms with Gasteiger partial charge in [0.25, 0.3) is 0 Å². The molecule has 0 unspecified atom stereocenters. The first kappa shape index (κ1) is 20.9. The fraction of sp³-hybridized carbons (Fsp3) is 0.348. The maximum atomic E-state index is 12.8. The minimum absolute atomic E-state index is 0.0410. The van der Waals surface area contributed by atoms with Crippen LogP contribution in [0.4, 0.5) is 11.6 Å². The Balaban J connectivity index is 1.26. The molecule has 0 atom stereocenters. The van der Waals surface area contributed by atoms with Crippen molar-refractivity contribution in [1.29, 1.82) is 0 Å². The van der Waals surface area contributed by atoms with E-state index in [0.717, 1.165) is 42.9 Å². The Bertz CT molecular complexity index is 985. The summed E-state index contributed by atoms with van der Waals surface area (Å²) in [4.78, 5) is 23.5. The Morgan fingerprint density at radius 3 is 2.84 bits per heavy atom. The number of benzene rings is 1. The van der Waals surface area contributed by atoms with Crippen LogP contribution in [-0.4, -0.2) is 36.1 Å². The number of aromatic nitrogens is 2. The molecule has 0 spiro atoms. The van der Waals surface area contributed by atoms with E-state index in [0.29, 0.717) is 25.0 Å². The van der Waals surface area contributed by atoms with E-state index in [1.807, 2.05) is 36.4 Å². The topological polar surface area (TPSA) is 89.7 Å². The quantitative estimate of drug-likeness (QED) is 0.593. The molecule has 1 amide bonds. The van der Waals surface area contributed by atoms with Crippen LogP contribution in [0.3, 0.4) is 0 Å². The Morgan fingerprint density at radius 2 is 2.06 bits per heavy atom. The maximum absolute atomic E-state index is 12.8. The monoisotopic (exact) mass is 422 g/mol. The van der Waals surface area contributed by atoms with Gasteiger partial charge in [0, 0.05) is 37.0 Å². The number of amides is 1. The lowest BCUT2D eigenvalue weighted by molar-refractivity contribution is -0.120. The number of carbonyl (C=O) groups is 1. The molecule has 162 valence electrons. The minimum atomic E-state index is -0.0410. The van der Waals surface area contributed by atoms with E-state index in [4.69, 9.17) is 13.9 Å². The number of furan rings is 1. The molecule has 31 heavy (non-hydrogen) atoms. The van der Waals surface area contributed by atoms with E-state index < -0.39 is 0 Å². The molecule has 0 saturated carbocycles. The summed E-state index contributed by atoms with van der Waals surface area (Å²) in [7, 11) is 1.59. The zero-order valence-electron chi connectivity index (χ0n) is 17.5. The number of anilines is 2. The molecule has 0 bridgehead atoms. The van der Waals surface area contributed by atoms with Crippen molar-refractivity contribution in [3.8, 4) is 5.88 Å². The normalized spacial score (nSPS) is 14.4. The minimum Gasteiger partial charge on any atom is -0.481 e. The first-order valence-corrected chi connectivity index (χ1v) is 10.3. The highest BCUT2D eigenvalue weighted by Gasteiger charge is 2.26. The van der Waals surface area contributed by atoms with E-state index >= 15 is 0 Å². The molecule has 3 heterocycles. The summed E-state index contributed by atoms with van der Waals surface area (Å²) >= 11 is 0. The summed E-state index contributed by atoms with van der Waals surface area (Å²) in [6, 6.07) is 13.2. The third kappa shape index (κ3) is 5.61. The summed E-state index contributed by atoms with van der Waals surface area (Å²) in [6.45, 7) is 2.32. The first-order valence-electron chi connectivity index (χ1n) is 10.3. The van der Waals surface area contributed by atoms with Crippen molar-refractivity contribution in [2.75, 3.05) is 30.4 Å². The molecular formula is C23H26N4O4. The molecule has 4 rings (SSSR count). The van der Waals surface area contributed by atoms with Gasteiger partial charge in [0.15, 0.2) is 0 Å². The Kier molecular flexibility index (Phi) is 6.78. The lowest BCUT2D eigenvalue weighted by Crippen LogP contribution is -2.39. The van der Waals surface area contributed by atoms with Gasteiger partial charge in [0.2, 0.25) is 17.7 Å². The number of methoxy groups -OCH3 is 1. The second-order valence-electron chi connectivity index (χ2n) is 7.42. The van der Waals surface area contributed by atoms with Gasteiger partial charge in [-0.1, -0.05) is 12.1 Å². The van der Waals surface area contributed by atoms with Crippen LogP contribution in [0.15, 0.2) is 59.3 Å². The van der Waals surface area contributed by atoms with Crippen LogP contribution in [-0.2, 0) is 22.7 Å². The van der Waals surface area contributed by atoms with Gasteiger partial charge in [-0.25, -0.2) is 4.98 Å². The van der Waals surface area contributed by atoms with Crippen LogP contribution in [0.2, 0.25) is 0 Å². The molecule has 8 heteroatoms. The number of piperidine rings is 1. The van der Waals surface area contributed by atoms with Crippen LogP contribution in [0.5, 0.6) is 5.88 Å². The van der Waals surface area contributed by atoms with Crippen LogP contribution in [0, 0.1) is 5.92 Å². The van der Waals surface area contributed by atoms with Gasteiger partial charge in [-0.2, -0.15) is 4.98 Å². The Hall–Kier alpha value is -3.39. The van der Waals surface area contributed by atoms with Crippen molar-refractivity contribution >= 4 is 17.5 Å². The van der Waals surface area contributed by atoms with Gasteiger partial charge in [-0.15, -0.1) is 0 Å². The van der Waals surface area contributed by atoms with Crippen molar-refractivity contribution in [2.24, 2.45) is 5.92 Å². The highest BCUT2D eigenvalue weighted by atomic mass is 16.5. The predicted octanol–water partition coefficient (Wildman–Crippen LogP) is 3.65. The summed E-state index contributed by atoms with van der Waals surface area (Å²) in [5, 5.41) is 3.05. The van der Waals surface area contributed by atoms with E-state index in [9.17, 15) is 4.79 Å². The fourth-order valence-electron chi connectivity index (χ4n) is 3.59. The van der Waals surface area contributed by atoms with E-state index in [2.05, 4.69) is 20.2 Å². The van der Waals surface area contributed by atoms with Crippen LogP contribution in [0.1, 0.15) is 24.2 Å². The van der Waals surface area contributed by atoms with E-state index in [-0.39, 0.29) is 11.8 Å². The van der Waals surface area contributed by atoms with Crippen LogP contribution in [0.25, 0.3) is 0 Å². The first-order chi connectivity index (χ1) is 15.2. The van der Waals surface area contributed by atoms with E-state index in [1.54, 1.807) is 25.6 Å². The van der Waals surface area contributed by atoms with Crippen LogP contribution < -0.4 is 15.0 Å². The molecule has 1 aliphatic heterocycles. The van der Waals surface area contributed by atoms with Crippen LogP contribution >= 0.6 is 0 Å². The maximum Gasteiger partial charge on any atom is 0.228 e. The standard InChI is InChI=1S/C23H26N4O4/c1-29-21-7-10-24-23(26-21)27-11-8-18(9-12-27)22(28)25-19-5-2-4-17(14-19)15-30-16-20-6-3-13-31-20/h2-7,10,13-14,18H,8-9,11-12,15-16H2,1H3,(H,25,28). The van der Waals surface area contributed by atoms with Crippen molar-refractivity contribution < 1.29 is 18.7 Å². The van der Waals surface area contributed by atoms with Crippen molar-refractivity contribution in [3.63, 3.8) is 0 Å². The summed E-state index contributed by atoms with van der Waals surface area (Å²) in [6.07, 6.45) is 4.81. The average Bonchev–Trinajstić information content (AvgIpc) is 3.33. The molecule has 1 N–H and O–H groups in total. The Morgan fingerprint density at radius 1 is 1.19 bits per heavy atom. The summed E-state index contributed by atoms with van der Waals surface area (Å²) in [5.41, 5.74) is 1.78. The van der Waals surface area contributed by atoms with Gasteiger partial charge in [-0.3, -0.25) is 4.79 Å². The lowest BCUT2D eigenvalue weighted by Gasteiger charge is -2.31. The SMILES string of the molecule is COc1ccnc(N2CCC(C(=O)Nc3cccc(COCc4ccco4)c3)CC2)n1. The third-order valence-corrected chi connectivity index (χ3v) is 5.26. The fourth-order valence-corrected chi connectivity index (χ4v) is 3.59. The molecule has 0 aliphatic carbocycles. The molecule has 0 radical (unpaired) electrons. The highest BCUT2D eigenvalue weighted by Crippen LogP contribution is 2.23. The largest absolute Gasteiger partial charge is 0.481 e. The number of hydrogen-bond donors (Lipinski definition) is 1. The number of nitrogens with zero attached hydrogens (tertiary/aromatic N) is 3. The Labute approximate surface area is 181 Å². The number of ether oxygens (including phenoxy) is 2. The molecule has 1 aliphatic rings. The lowest BCUT2D eigenvalue weighted by atomic mass is 9.96. The van der Waals surface area contributed by atoms with Crippen molar-refractivity contribution in [2.45, 2.75) is 26.1 Å². The third-order valence-electron chi connectivity index (χ3n) is 5.26. The second kappa shape index (κ2) is 10.1. The van der Waals surface area contributed by atoms with Crippen molar-refractivity contribution in [1.82, 2.24) is 9.97 Å². The highest BCUT2D eigenvalue weighted by molar-refractivity contribution is 5.92. The number of rotatable bonds is 8. The number of nitrogens with one attached hydrogen (secondary N) is 1. The zero-order chi connectivity index (χ0) is 21.5. The molecule has 8 nitrogen and oxygen atoms in total. The molecule has 2 aromatic heterocycles. The second-order valence-corrected chi connectivity index (χ2v) is 7.42. The number of hydrogen-bond acceptors (Lipinski definition) is 7. The molecule has 1 aromatic carbocycles. The number of carbonyl (C=O) groups excluding carboxylic acids is 1. The zero-order valence-corrected chi connectivity index (χ0v) is 17.5. The molecule has 1 fully saturated rings. The molecule has 1 saturated heterocycles. The van der Waals surface area contributed by atoms with Gasteiger partial charge in [0.05, 0.1) is 20.0 Å². The average molecular weight is 422 g/mol. The molecular weight excluding hydrogens is 396 g/mol. The van der Waals surface area contributed by atoms with E-state index in [1.165, 1.54) is 0 Å². The van der Waals surface area contributed by atoms with Crippen molar-refractivity contribution in [3.05, 3.63) is 66.2 Å². The smallest absolute Gasteiger partial charge is 0.228 e. The van der Waals surface area contributed by atoms with Gasteiger partial charge < -0.3 is 24.1 Å².